The Kier molecular flexibility index (Phi) is 15.2. The third-order valence-electron chi connectivity index (χ3n) is 9.89. The van der Waals surface area contributed by atoms with Crippen LogP contribution in [0.25, 0.3) is 10.8 Å². The number of halogens is 3. The number of hydrogen-bond acceptors (Lipinski definition) is 9. The van der Waals surface area contributed by atoms with Crippen LogP contribution in [0.15, 0.2) is 66.7 Å². The van der Waals surface area contributed by atoms with Gasteiger partial charge in [-0.25, -0.2) is 14.4 Å². The molecule has 1 spiro atoms. The Bertz CT molecular complexity index is 1840. The van der Waals surface area contributed by atoms with Crippen LogP contribution >= 0.6 is 0 Å². The van der Waals surface area contributed by atoms with E-state index in [9.17, 15) is 32.3 Å². The Morgan fingerprint density at radius 2 is 1.65 bits per heavy atom. The average Bonchev–Trinajstić information content (AvgIpc) is 3.17. The van der Waals surface area contributed by atoms with Gasteiger partial charge in [0.05, 0.1) is 24.4 Å². The van der Waals surface area contributed by atoms with Crippen LogP contribution in [0.1, 0.15) is 88.8 Å². The Morgan fingerprint density at radius 3 is 2.42 bits per heavy atom. The molecule has 0 saturated carbocycles. The van der Waals surface area contributed by atoms with E-state index in [0.29, 0.717) is 25.7 Å². The number of alkyl halides is 3. The maximum Gasteiger partial charge on any atom is 0.416 e. The largest absolute Gasteiger partial charge is 0.464 e. The third kappa shape index (κ3) is 13.1. The van der Waals surface area contributed by atoms with Gasteiger partial charge in [0.1, 0.15) is 18.8 Å². The molecule has 0 aromatic heterocycles. The molecule has 2 saturated heterocycles. The summed E-state index contributed by atoms with van der Waals surface area (Å²) in [6.45, 7) is 5.69. The van der Waals surface area contributed by atoms with Crippen molar-refractivity contribution in [3.8, 4) is 0 Å². The smallest absolute Gasteiger partial charge is 0.416 e. The fraction of sp³-hybridized carbons (Fsp3) is 0.524. The van der Waals surface area contributed by atoms with E-state index in [1.807, 2.05) is 56.3 Å². The second-order valence-electron chi connectivity index (χ2n) is 14.9. The number of carbonyl (C=O) groups is 4. The number of alkyl carbamates (subject to hydrolysis) is 2. The number of amides is 3. The number of fused-ring (bicyclic) bond motifs is 1. The zero-order chi connectivity index (χ0) is 41.0. The molecule has 2 fully saturated rings. The maximum absolute atomic E-state index is 13.2. The van der Waals surface area contributed by atoms with Gasteiger partial charge < -0.3 is 39.6 Å². The second-order valence-corrected chi connectivity index (χ2v) is 14.9. The molecule has 5 rings (SSSR count). The average molecular weight is 800 g/mol. The van der Waals surface area contributed by atoms with E-state index in [1.54, 1.807) is 6.92 Å². The van der Waals surface area contributed by atoms with Crippen LogP contribution < -0.4 is 16.0 Å². The number of esters is 1. The van der Waals surface area contributed by atoms with Gasteiger partial charge in [0.15, 0.2) is 5.79 Å². The van der Waals surface area contributed by atoms with Gasteiger partial charge in [-0.2, -0.15) is 13.2 Å². The predicted octanol–water partition coefficient (Wildman–Crippen LogP) is 7.70. The first-order valence-corrected chi connectivity index (χ1v) is 19.5. The van der Waals surface area contributed by atoms with Crippen LogP contribution in [0.4, 0.5) is 22.8 Å². The summed E-state index contributed by atoms with van der Waals surface area (Å²) >= 11 is 0. The summed E-state index contributed by atoms with van der Waals surface area (Å²) in [5.41, 5.74) is 0.362. The summed E-state index contributed by atoms with van der Waals surface area (Å²) in [6.07, 6.45) is -5.02. The normalized spacial score (nSPS) is 21.4. The number of ether oxygens (including phenoxy) is 5. The van der Waals surface area contributed by atoms with Crippen molar-refractivity contribution < 1.29 is 56.0 Å². The van der Waals surface area contributed by atoms with Crippen molar-refractivity contribution >= 4 is 34.8 Å². The Hall–Kier alpha value is -4.89. The van der Waals surface area contributed by atoms with Crippen LogP contribution in [0.3, 0.4) is 0 Å². The molecule has 2 heterocycles. The minimum absolute atomic E-state index is 0.0212. The van der Waals surface area contributed by atoms with E-state index in [0.717, 1.165) is 28.5 Å². The van der Waals surface area contributed by atoms with Gasteiger partial charge in [0.25, 0.3) is 0 Å². The highest BCUT2D eigenvalue weighted by atomic mass is 19.4. The molecule has 0 aliphatic carbocycles. The molecule has 0 bridgehead atoms. The number of nitrogens with one attached hydrogen (secondary N) is 3. The zero-order valence-corrected chi connectivity index (χ0v) is 32.5. The molecule has 310 valence electrons. The molecular weight excluding hydrogens is 747 g/mol. The topological polar surface area (TPSA) is 151 Å². The number of hydrogen-bond donors (Lipinski definition) is 3. The van der Waals surface area contributed by atoms with Crippen LogP contribution in [-0.2, 0) is 52.5 Å². The molecule has 3 N–H and O–H groups in total. The lowest BCUT2D eigenvalue weighted by molar-refractivity contribution is -0.329. The first kappa shape index (κ1) is 43.2. The quantitative estimate of drug-likeness (QED) is 0.104. The van der Waals surface area contributed by atoms with Crippen LogP contribution in [0.5, 0.6) is 0 Å². The summed E-state index contributed by atoms with van der Waals surface area (Å²) in [6, 6.07) is 17.6. The third-order valence-corrected chi connectivity index (χ3v) is 9.89. The van der Waals surface area contributed by atoms with Crippen LogP contribution in [0.2, 0.25) is 0 Å². The van der Waals surface area contributed by atoms with Gasteiger partial charge >= 0.3 is 24.3 Å². The van der Waals surface area contributed by atoms with E-state index in [2.05, 4.69) is 16.0 Å². The van der Waals surface area contributed by atoms with Crippen molar-refractivity contribution in [1.29, 1.82) is 0 Å². The molecule has 3 amide bonds. The fourth-order valence-corrected chi connectivity index (χ4v) is 7.31. The fourth-order valence-electron chi connectivity index (χ4n) is 7.31. The minimum atomic E-state index is -4.51. The lowest BCUT2D eigenvalue weighted by Gasteiger charge is -2.47. The molecule has 12 nitrogen and oxygen atoms in total. The van der Waals surface area contributed by atoms with Crippen molar-refractivity contribution in [2.75, 3.05) is 13.2 Å². The van der Waals surface area contributed by atoms with Crippen molar-refractivity contribution in [3.63, 3.8) is 0 Å². The summed E-state index contributed by atoms with van der Waals surface area (Å²) < 4.78 is 68.9. The van der Waals surface area contributed by atoms with Crippen molar-refractivity contribution in [3.05, 3.63) is 83.4 Å². The molecule has 2 aliphatic heterocycles. The van der Waals surface area contributed by atoms with Crippen molar-refractivity contribution in [1.82, 2.24) is 16.0 Å². The Balaban J connectivity index is 1.21. The molecule has 3 aromatic rings. The van der Waals surface area contributed by atoms with E-state index >= 15 is 0 Å². The lowest BCUT2D eigenvalue weighted by Crippen LogP contribution is -2.54. The summed E-state index contributed by atoms with van der Waals surface area (Å²) in [5.74, 6) is -1.93. The van der Waals surface area contributed by atoms with E-state index < -0.39 is 60.0 Å². The highest BCUT2D eigenvalue weighted by Gasteiger charge is 2.47. The van der Waals surface area contributed by atoms with E-state index in [-0.39, 0.29) is 69.4 Å². The molecule has 2 aliphatic rings. The molecule has 15 heteroatoms. The summed E-state index contributed by atoms with van der Waals surface area (Å²) in [5, 5.41) is 10.2. The number of benzene rings is 3. The van der Waals surface area contributed by atoms with Gasteiger partial charge in [-0.3, -0.25) is 4.79 Å². The molecule has 5 atom stereocenters. The summed E-state index contributed by atoms with van der Waals surface area (Å²) in [4.78, 5) is 51.5. The second kappa shape index (κ2) is 20.0. The van der Waals surface area contributed by atoms with E-state index in [1.165, 1.54) is 12.1 Å². The van der Waals surface area contributed by atoms with Gasteiger partial charge in [0.2, 0.25) is 5.91 Å². The van der Waals surface area contributed by atoms with Gasteiger partial charge in [-0.05, 0) is 72.6 Å². The zero-order valence-electron chi connectivity index (χ0n) is 32.5. The predicted molar refractivity (Wildman–Crippen MR) is 204 cm³/mol. The first-order chi connectivity index (χ1) is 27.2. The first-order valence-electron chi connectivity index (χ1n) is 19.5. The van der Waals surface area contributed by atoms with E-state index in [4.69, 9.17) is 23.7 Å². The molecule has 57 heavy (non-hydrogen) atoms. The van der Waals surface area contributed by atoms with Crippen molar-refractivity contribution in [2.45, 2.75) is 122 Å². The van der Waals surface area contributed by atoms with Gasteiger partial charge in [0, 0.05) is 38.8 Å². The highest BCUT2D eigenvalue weighted by molar-refractivity contribution is 5.86. The SMILES string of the molecule is CCOC(=O)[C@H](CC(C)C)NC(=O)CCC1CC(OC(=O)NCc2cccc3ccccc23)CC2(CCCC(COC(=O)NCc3cccc(C(F)(F)F)c3)O2)O1. The Morgan fingerprint density at radius 1 is 0.912 bits per heavy atom. The number of rotatable bonds is 15. The minimum Gasteiger partial charge on any atom is -0.464 e. The van der Waals surface area contributed by atoms with Gasteiger partial charge in [-0.1, -0.05) is 68.4 Å². The van der Waals surface area contributed by atoms with Crippen LogP contribution in [-0.4, -0.2) is 67.4 Å². The van der Waals surface area contributed by atoms with Crippen LogP contribution in [0, 0.1) is 5.92 Å². The lowest BCUT2D eigenvalue weighted by atomic mass is 9.90. The monoisotopic (exact) mass is 799 g/mol. The highest BCUT2D eigenvalue weighted by Crippen LogP contribution is 2.41. The molecule has 0 radical (unpaired) electrons. The number of carbonyl (C=O) groups excluding carboxylic acids is 4. The molecule has 3 aromatic carbocycles. The summed E-state index contributed by atoms with van der Waals surface area (Å²) in [7, 11) is 0. The molecular formula is C42H52F3N3O9. The van der Waals surface area contributed by atoms with Gasteiger partial charge in [-0.15, -0.1) is 0 Å². The van der Waals surface area contributed by atoms with Crippen molar-refractivity contribution in [2.24, 2.45) is 5.92 Å². The standard InChI is InChI=1S/C42H52F3N3O9/c1-4-53-38(50)36(20-27(2)3)48-37(49)18-17-32-22-34(55-40(52)47-25-30-13-8-12-29-11-5-6-16-35(29)30)23-41(56-32)19-9-15-33(57-41)26-54-39(51)46-24-28-10-7-14-31(21-28)42(43,44)45/h5-8,10-14,16,21,27,32-34,36H,4,9,15,17-20,22-26H2,1-3H3,(H,46,51)(H,47,52)(H,48,49)/t32?,33?,34?,36-,41?/m0/s1. The molecule has 4 unspecified atom stereocenters. The maximum atomic E-state index is 13.2. The Labute approximate surface area is 330 Å².